The summed E-state index contributed by atoms with van der Waals surface area (Å²) in [6.07, 6.45) is 1.19. The third-order valence-electron chi connectivity index (χ3n) is 1.94. The Morgan fingerprint density at radius 3 is 2.17 bits per heavy atom. The summed E-state index contributed by atoms with van der Waals surface area (Å²) in [5.74, 6) is 0.118. The number of hydrogen-bond donors (Lipinski definition) is 0. The predicted octanol–water partition coefficient (Wildman–Crippen LogP) is 0.936. The Bertz CT molecular complexity index is 164. The van der Waals surface area contributed by atoms with E-state index in [4.69, 9.17) is 0 Å². The molecule has 0 aromatic heterocycles. The summed E-state index contributed by atoms with van der Waals surface area (Å²) < 4.78 is 0. The molecule has 0 saturated heterocycles. The Balaban J connectivity index is 4.03. The van der Waals surface area contributed by atoms with E-state index in [1.165, 1.54) is 4.90 Å². The fourth-order valence-electron chi connectivity index (χ4n) is 0.825. The van der Waals surface area contributed by atoms with Gasteiger partial charge in [-0.15, -0.1) is 0 Å². The molecule has 1 atom stereocenters. The SMILES string of the molecule is CC(C)C(C=O)CC(=O)N(C)C. The minimum atomic E-state index is -0.139. The topological polar surface area (TPSA) is 37.4 Å². The maximum Gasteiger partial charge on any atom is 0.222 e. The van der Waals surface area contributed by atoms with E-state index >= 15 is 0 Å². The summed E-state index contributed by atoms with van der Waals surface area (Å²) in [6, 6.07) is 0. The highest BCUT2D eigenvalue weighted by Crippen LogP contribution is 2.12. The Kier molecular flexibility index (Phi) is 4.55. The van der Waals surface area contributed by atoms with Gasteiger partial charge in [-0.3, -0.25) is 4.79 Å². The van der Waals surface area contributed by atoms with Gasteiger partial charge in [0.05, 0.1) is 0 Å². The van der Waals surface area contributed by atoms with E-state index in [2.05, 4.69) is 0 Å². The fraction of sp³-hybridized carbons (Fsp3) is 0.778. The molecular weight excluding hydrogens is 154 g/mol. The molecule has 0 aromatic carbocycles. The Labute approximate surface area is 73.7 Å². The van der Waals surface area contributed by atoms with Gasteiger partial charge in [0.25, 0.3) is 0 Å². The lowest BCUT2D eigenvalue weighted by Crippen LogP contribution is -2.26. The normalized spacial score (nSPS) is 12.8. The zero-order valence-electron chi connectivity index (χ0n) is 8.20. The van der Waals surface area contributed by atoms with Gasteiger partial charge in [0.15, 0.2) is 0 Å². The lowest BCUT2D eigenvalue weighted by molar-refractivity contribution is -0.131. The number of rotatable bonds is 4. The number of carbonyl (C=O) groups excluding carboxylic acids is 2. The Hall–Kier alpha value is -0.860. The fourth-order valence-corrected chi connectivity index (χ4v) is 0.825. The van der Waals surface area contributed by atoms with E-state index in [9.17, 15) is 9.59 Å². The molecule has 1 amide bonds. The highest BCUT2D eigenvalue weighted by Gasteiger charge is 2.17. The minimum absolute atomic E-state index is 0.0146. The van der Waals surface area contributed by atoms with E-state index in [0.717, 1.165) is 6.29 Å². The molecule has 0 radical (unpaired) electrons. The molecule has 0 heterocycles. The molecule has 0 aliphatic heterocycles. The summed E-state index contributed by atoms with van der Waals surface area (Å²) >= 11 is 0. The average Bonchev–Trinajstić information content (AvgIpc) is 1.98. The molecule has 0 N–H and O–H groups in total. The maximum atomic E-state index is 11.2. The maximum absolute atomic E-state index is 11.2. The van der Waals surface area contributed by atoms with Crippen molar-refractivity contribution in [3.05, 3.63) is 0 Å². The number of amides is 1. The minimum Gasteiger partial charge on any atom is -0.349 e. The van der Waals surface area contributed by atoms with Crippen molar-refractivity contribution in [2.75, 3.05) is 14.1 Å². The number of hydrogen-bond acceptors (Lipinski definition) is 2. The van der Waals surface area contributed by atoms with Crippen molar-refractivity contribution in [3.8, 4) is 0 Å². The van der Waals surface area contributed by atoms with Crippen LogP contribution in [0.5, 0.6) is 0 Å². The third-order valence-corrected chi connectivity index (χ3v) is 1.94. The number of nitrogens with zero attached hydrogens (tertiary/aromatic N) is 1. The summed E-state index contributed by atoms with van der Waals surface area (Å²) in [4.78, 5) is 23.2. The number of carbonyl (C=O) groups is 2. The van der Waals surface area contributed by atoms with E-state index < -0.39 is 0 Å². The van der Waals surface area contributed by atoms with Crippen LogP contribution in [0.25, 0.3) is 0 Å². The summed E-state index contributed by atoms with van der Waals surface area (Å²) in [5, 5.41) is 0. The van der Waals surface area contributed by atoms with Gasteiger partial charge < -0.3 is 9.69 Å². The molecule has 0 rings (SSSR count). The average molecular weight is 171 g/mol. The first-order valence-corrected chi connectivity index (χ1v) is 4.14. The van der Waals surface area contributed by atoms with Crippen LogP contribution in [0.3, 0.4) is 0 Å². The second kappa shape index (κ2) is 4.91. The molecule has 0 aromatic rings. The summed E-state index contributed by atoms with van der Waals surface area (Å²) in [5.41, 5.74) is 0. The quantitative estimate of drug-likeness (QED) is 0.590. The van der Waals surface area contributed by atoms with Crippen LogP contribution >= 0.6 is 0 Å². The first-order valence-electron chi connectivity index (χ1n) is 4.14. The van der Waals surface area contributed by atoms with E-state index in [0.29, 0.717) is 6.42 Å². The van der Waals surface area contributed by atoms with Gasteiger partial charge in [-0.25, -0.2) is 0 Å². The van der Waals surface area contributed by atoms with Crippen molar-refractivity contribution in [2.24, 2.45) is 11.8 Å². The van der Waals surface area contributed by atoms with Gasteiger partial charge in [0.1, 0.15) is 6.29 Å². The van der Waals surface area contributed by atoms with Crippen LogP contribution in [-0.2, 0) is 9.59 Å². The molecule has 12 heavy (non-hydrogen) atoms. The molecular formula is C9H17NO2. The van der Waals surface area contributed by atoms with Gasteiger partial charge >= 0.3 is 0 Å². The van der Waals surface area contributed by atoms with Crippen LogP contribution in [0.1, 0.15) is 20.3 Å². The highest BCUT2D eigenvalue weighted by molar-refractivity contribution is 5.78. The molecule has 1 unspecified atom stereocenters. The lowest BCUT2D eigenvalue weighted by Gasteiger charge is -2.16. The Morgan fingerprint density at radius 1 is 1.42 bits per heavy atom. The van der Waals surface area contributed by atoms with E-state index in [-0.39, 0.29) is 17.7 Å². The van der Waals surface area contributed by atoms with Gasteiger partial charge in [-0.05, 0) is 5.92 Å². The van der Waals surface area contributed by atoms with Gasteiger partial charge in [0.2, 0.25) is 5.91 Å². The van der Waals surface area contributed by atoms with E-state index in [1.54, 1.807) is 14.1 Å². The highest BCUT2D eigenvalue weighted by atomic mass is 16.2. The van der Waals surface area contributed by atoms with Crippen LogP contribution < -0.4 is 0 Å². The standard InChI is InChI=1S/C9H17NO2/c1-7(2)8(6-11)5-9(12)10(3)4/h6-8H,5H2,1-4H3. The first kappa shape index (κ1) is 11.1. The lowest BCUT2D eigenvalue weighted by atomic mass is 9.94. The Morgan fingerprint density at radius 2 is 1.92 bits per heavy atom. The van der Waals surface area contributed by atoms with Crippen LogP contribution in [0.2, 0.25) is 0 Å². The van der Waals surface area contributed by atoms with Gasteiger partial charge in [-0.2, -0.15) is 0 Å². The molecule has 0 aliphatic carbocycles. The van der Waals surface area contributed by atoms with Crippen molar-refractivity contribution < 1.29 is 9.59 Å². The molecule has 3 nitrogen and oxygen atoms in total. The van der Waals surface area contributed by atoms with Crippen molar-refractivity contribution in [2.45, 2.75) is 20.3 Å². The monoisotopic (exact) mass is 171 g/mol. The van der Waals surface area contributed by atoms with Crippen LogP contribution in [0.4, 0.5) is 0 Å². The summed E-state index contributed by atoms with van der Waals surface area (Å²) in [6.45, 7) is 3.89. The predicted molar refractivity (Wildman–Crippen MR) is 47.7 cm³/mol. The van der Waals surface area contributed by atoms with Crippen molar-refractivity contribution in [1.29, 1.82) is 0 Å². The van der Waals surface area contributed by atoms with E-state index in [1.807, 2.05) is 13.8 Å². The molecule has 0 bridgehead atoms. The zero-order valence-corrected chi connectivity index (χ0v) is 8.20. The molecule has 0 fully saturated rings. The molecule has 0 saturated carbocycles. The van der Waals surface area contributed by atoms with Crippen molar-refractivity contribution in [3.63, 3.8) is 0 Å². The van der Waals surface area contributed by atoms with Crippen molar-refractivity contribution >= 4 is 12.2 Å². The van der Waals surface area contributed by atoms with Crippen molar-refractivity contribution in [1.82, 2.24) is 4.90 Å². The van der Waals surface area contributed by atoms with Gasteiger partial charge in [0, 0.05) is 26.4 Å². The third kappa shape index (κ3) is 3.51. The molecule has 70 valence electrons. The number of aldehydes is 1. The van der Waals surface area contributed by atoms with Crippen LogP contribution in [0, 0.1) is 11.8 Å². The second-order valence-electron chi connectivity index (χ2n) is 3.54. The molecule has 0 spiro atoms. The molecule has 0 aliphatic rings. The smallest absolute Gasteiger partial charge is 0.222 e. The zero-order chi connectivity index (χ0) is 9.72. The van der Waals surface area contributed by atoms with Crippen LogP contribution in [0.15, 0.2) is 0 Å². The largest absolute Gasteiger partial charge is 0.349 e. The first-order chi connectivity index (χ1) is 5.49. The molecule has 3 heteroatoms. The second-order valence-corrected chi connectivity index (χ2v) is 3.54. The summed E-state index contributed by atoms with van der Waals surface area (Å²) in [7, 11) is 3.40. The van der Waals surface area contributed by atoms with Gasteiger partial charge in [-0.1, -0.05) is 13.8 Å². The van der Waals surface area contributed by atoms with Crippen LogP contribution in [-0.4, -0.2) is 31.2 Å².